The van der Waals surface area contributed by atoms with Crippen molar-refractivity contribution in [2.24, 2.45) is 0 Å². The highest BCUT2D eigenvalue weighted by Crippen LogP contribution is 2.32. The molecule has 0 radical (unpaired) electrons. The van der Waals surface area contributed by atoms with Crippen LogP contribution in [0.3, 0.4) is 0 Å². The van der Waals surface area contributed by atoms with E-state index in [9.17, 15) is 4.79 Å². The van der Waals surface area contributed by atoms with E-state index >= 15 is 0 Å². The summed E-state index contributed by atoms with van der Waals surface area (Å²) in [5, 5.41) is 0.985. The summed E-state index contributed by atoms with van der Waals surface area (Å²) in [5.41, 5.74) is 0. The third-order valence-electron chi connectivity index (χ3n) is 1.60. The summed E-state index contributed by atoms with van der Waals surface area (Å²) in [5.74, 6) is 0. The van der Waals surface area contributed by atoms with Crippen LogP contribution < -0.4 is 4.90 Å². The first-order valence-electron chi connectivity index (χ1n) is 3.73. The molecule has 0 N–H and O–H groups in total. The molecule has 0 saturated heterocycles. The zero-order chi connectivity index (χ0) is 9.42. The van der Waals surface area contributed by atoms with Crippen molar-refractivity contribution >= 4 is 43.6 Å². The van der Waals surface area contributed by atoms with Crippen molar-refractivity contribution in [3.8, 4) is 0 Å². The van der Waals surface area contributed by atoms with E-state index in [0.717, 1.165) is 25.8 Å². The average Bonchev–Trinajstić information content (AvgIpc) is 2.58. The average molecular weight is 212 g/mol. The molecular weight excluding hydrogens is 204 g/mol. The van der Waals surface area contributed by atoms with Gasteiger partial charge in [-0.1, -0.05) is 11.3 Å². The van der Waals surface area contributed by atoms with Crippen molar-refractivity contribution in [1.29, 1.82) is 0 Å². The fourth-order valence-electron chi connectivity index (χ4n) is 0.991. The standard InChI is InChI=1S/C8H8N2OS2/c1-10(2)8-9-7-6(13-8)3-5(4-11)12-7/h3-4H,1-2H3. The van der Waals surface area contributed by atoms with Crippen molar-refractivity contribution in [2.45, 2.75) is 0 Å². The van der Waals surface area contributed by atoms with Crippen LogP contribution in [-0.4, -0.2) is 25.4 Å². The van der Waals surface area contributed by atoms with Gasteiger partial charge >= 0.3 is 0 Å². The Hall–Kier alpha value is -0.940. The maximum atomic E-state index is 10.5. The largest absolute Gasteiger partial charge is 0.354 e. The number of nitrogens with zero attached hydrogens (tertiary/aromatic N) is 2. The van der Waals surface area contributed by atoms with Crippen molar-refractivity contribution in [1.82, 2.24) is 4.98 Å². The number of thiophene rings is 1. The summed E-state index contributed by atoms with van der Waals surface area (Å²) in [4.78, 5) is 18.5. The Labute approximate surface area is 83.6 Å². The van der Waals surface area contributed by atoms with E-state index in [-0.39, 0.29) is 0 Å². The summed E-state index contributed by atoms with van der Waals surface area (Å²) < 4.78 is 1.09. The fraction of sp³-hybridized carbons (Fsp3) is 0.250. The minimum Gasteiger partial charge on any atom is -0.354 e. The molecule has 68 valence electrons. The van der Waals surface area contributed by atoms with Crippen molar-refractivity contribution in [2.75, 3.05) is 19.0 Å². The molecule has 2 heterocycles. The summed E-state index contributed by atoms with van der Waals surface area (Å²) in [7, 11) is 3.92. The first-order chi connectivity index (χ1) is 6.20. The van der Waals surface area contributed by atoms with E-state index < -0.39 is 0 Å². The van der Waals surface area contributed by atoms with Crippen LogP contribution in [0.5, 0.6) is 0 Å². The smallest absolute Gasteiger partial charge is 0.186 e. The van der Waals surface area contributed by atoms with Crippen molar-refractivity contribution in [3.63, 3.8) is 0 Å². The first-order valence-corrected chi connectivity index (χ1v) is 5.37. The van der Waals surface area contributed by atoms with Crippen molar-refractivity contribution < 1.29 is 4.79 Å². The van der Waals surface area contributed by atoms with Crippen LogP contribution in [0.25, 0.3) is 9.53 Å². The van der Waals surface area contributed by atoms with Gasteiger partial charge in [0, 0.05) is 14.1 Å². The van der Waals surface area contributed by atoms with Gasteiger partial charge in [0.1, 0.15) is 4.83 Å². The van der Waals surface area contributed by atoms with Gasteiger partial charge in [0.25, 0.3) is 0 Å². The molecule has 0 spiro atoms. The molecule has 0 atom stereocenters. The Morgan fingerprint density at radius 1 is 1.46 bits per heavy atom. The van der Waals surface area contributed by atoms with Gasteiger partial charge in [-0.25, -0.2) is 4.98 Å². The van der Waals surface area contributed by atoms with Gasteiger partial charge in [0.05, 0.1) is 9.58 Å². The first kappa shape index (κ1) is 8.65. The molecular formula is C8H8N2OS2. The Kier molecular flexibility index (Phi) is 2.05. The minimum atomic E-state index is 0.749. The highest BCUT2D eigenvalue weighted by molar-refractivity contribution is 7.29. The van der Waals surface area contributed by atoms with Crippen LogP contribution in [0.1, 0.15) is 9.67 Å². The van der Waals surface area contributed by atoms with Gasteiger partial charge in [-0.3, -0.25) is 4.79 Å². The fourth-order valence-corrected chi connectivity index (χ4v) is 2.95. The molecule has 0 amide bonds. The van der Waals surface area contributed by atoms with Gasteiger partial charge < -0.3 is 4.90 Å². The Morgan fingerprint density at radius 2 is 2.23 bits per heavy atom. The molecule has 0 aliphatic carbocycles. The van der Waals surface area contributed by atoms with E-state index in [4.69, 9.17) is 0 Å². The lowest BCUT2D eigenvalue weighted by Gasteiger charge is -2.04. The molecule has 2 aromatic rings. The SMILES string of the molecule is CN(C)c1nc2sc(C=O)cc2s1. The predicted octanol–water partition coefficient (Wildman–Crippen LogP) is 2.24. The van der Waals surface area contributed by atoms with Crippen LogP contribution in [-0.2, 0) is 0 Å². The Balaban J connectivity index is 2.54. The summed E-state index contributed by atoms with van der Waals surface area (Å²) in [6.45, 7) is 0. The molecule has 0 saturated carbocycles. The Bertz CT molecular complexity index is 412. The summed E-state index contributed by atoms with van der Waals surface area (Å²) in [6.07, 6.45) is 0.869. The third-order valence-corrected chi connectivity index (χ3v) is 3.85. The Morgan fingerprint density at radius 3 is 2.77 bits per heavy atom. The van der Waals surface area contributed by atoms with Gasteiger partial charge in [0.15, 0.2) is 11.4 Å². The van der Waals surface area contributed by atoms with Crippen LogP contribution in [0.15, 0.2) is 6.07 Å². The monoisotopic (exact) mass is 212 g/mol. The number of carbonyl (C=O) groups excluding carboxylic acids is 1. The number of hydrogen-bond donors (Lipinski definition) is 0. The molecule has 0 aliphatic rings. The number of aldehydes is 1. The molecule has 0 aromatic carbocycles. The van der Waals surface area contributed by atoms with Crippen molar-refractivity contribution in [3.05, 3.63) is 10.9 Å². The van der Waals surface area contributed by atoms with Crippen LogP contribution in [0, 0.1) is 0 Å². The van der Waals surface area contributed by atoms with Crippen LogP contribution >= 0.6 is 22.7 Å². The number of fused-ring (bicyclic) bond motifs is 1. The predicted molar refractivity (Wildman–Crippen MR) is 57.2 cm³/mol. The summed E-state index contributed by atoms with van der Waals surface area (Å²) >= 11 is 3.05. The second kappa shape index (κ2) is 3.08. The lowest BCUT2D eigenvalue weighted by molar-refractivity contribution is 0.112. The third kappa shape index (κ3) is 1.45. The van der Waals surface area contributed by atoms with Gasteiger partial charge in [0.2, 0.25) is 0 Å². The zero-order valence-corrected chi connectivity index (χ0v) is 8.91. The molecule has 0 fully saturated rings. The van der Waals surface area contributed by atoms with E-state index in [1.807, 2.05) is 25.1 Å². The highest BCUT2D eigenvalue weighted by Gasteiger charge is 2.08. The molecule has 0 bridgehead atoms. The van der Waals surface area contributed by atoms with Crippen LogP contribution in [0.4, 0.5) is 5.13 Å². The van der Waals surface area contributed by atoms with Gasteiger partial charge in [-0.2, -0.15) is 0 Å². The molecule has 0 aliphatic heterocycles. The van der Waals surface area contributed by atoms with Gasteiger partial charge in [-0.15, -0.1) is 11.3 Å². The summed E-state index contributed by atoms with van der Waals surface area (Å²) in [6, 6.07) is 1.89. The number of thiazole rings is 1. The highest BCUT2D eigenvalue weighted by atomic mass is 32.1. The quantitative estimate of drug-likeness (QED) is 0.716. The molecule has 0 unspecified atom stereocenters. The van der Waals surface area contributed by atoms with E-state index in [1.54, 1.807) is 11.3 Å². The zero-order valence-electron chi connectivity index (χ0n) is 7.27. The molecule has 2 rings (SSSR count). The maximum absolute atomic E-state index is 10.5. The maximum Gasteiger partial charge on any atom is 0.186 e. The molecule has 3 nitrogen and oxygen atoms in total. The normalized spacial score (nSPS) is 10.6. The lowest BCUT2D eigenvalue weighted by Crippen LogP contribution is -2.07. The number of carbonyl (C=O) groups is 1. The second-order valence-corrected chi connectivity index (χ2v) is 4.90. The van der Waals surface area contributed by atoms with E-state index in [1.165, 1.54) is 11.3 Å². The van der Waals surface area contributed by atoms with Crippen LogP contribution in [0.2, 0.25) is 0 Å². The minimum absolute atomic E-state index is 0.749. The topological polar surface area (TPSA) is 33.2 Å². The number of rotatable bonds is 2. The number of aromatic nitrogens is 1. The lowest BCUT2D eigenvalue weighted by atomic mass is 10.5. The van der Waals surface area contributed by atoms with E-state index in [2.05, 4.69) is 4.98 Å². The van der Waals surface area contributed by atoms with E-state index in [0.29, 0.717) is 0 Å². The molecule has 2 aromatic heterocycles. The number of anilines is 1. The molecule has 13 heavy (non-hydrogen) atoms. The second-order valence-electron chi connectivity index (χ2n) is 2.83. The number of hydrogen-bond acceptors (Lipinski definition) is 5. The molecule has 5 heteroatoms. The van der Waals surface area contributed by atoms with Gasteiger partial charge in [-0.05, 0) is 6.07 Å².